The highest BCUT2D eigenvalue weighted by molar-refractivity contribution is 7.84. The highest BCUT2D eigenvalue weighted by Gasteiger charge is 2.36. The normalized spacial score (nSPS) is 21.0. The van der Waals surface area contributed by atoms with Gasteiger partial charge in [0.05, 0.1) is 22.5 Å². The van der Waals surface area contributed by atoms with Crippen molar-refractivity contribution in [2.45, 2.75) is 94.9 Å². The van der Waals surface area contributed by atoms with Crippen LogP contribution in [0.4, 0.5) is 4.39 Å². The maximum absolute atomic E-state index is 12.8. The Bertz CT molecular complexity index is 1770. The molecule has 1 aromatic carbocycles. The molecule has 0 radical (unpaired) electrons. The molecule has 3 unspecified atom stereocenters. The van der Waals surface area contributed by atoms with Gasteiger partial charge in [-0.1, -0.05) is 25.0 Å². The van der Waals surface area contributed by atoms with Crippen LogP contribution in [0, 0.1) is 12.7 Å². The largest absolute Gasteiger partial charge is 0.364 e. The molecule has 268 valence electrons. The van der Waals surface area contributed by atoms with Crippen molar-refractivity contribution in [2.75, 3.05) is 6.54 Å². The summed E-state index contributed by atoms with van der Waals surface area (Å²) in [6, 6.07) is 2.82. The molecule has 5 N–H and O–H groups in total. The van der Waals surface area contributed by atoms with Crippen molar-refractivity contribution in [3.8, 4) is 0 Å². The molecular formula is C34H43FN8O6S. The highest BCUT2D eigenvalue weighted by Crippen LogP contribution is 2.25. The fourth-order valence-electron chi connectivity index (χ4n) is 5.34. The van der Waals surface area contributed by atoms with Crippen LogP contribution in [-0.2, 0) is 25.4 Å². The van der Waals surface area contributed by atoms with E-state index in [2.05, 4.69) is 30.0 Å². The van der Waals surface area contributed by atoms with Gasteiger partial charge in [0.25, 0.3) is 17.4 Å². The molecule has 0 spiro atoms. The number of amides is 4. The van der Waals surface area contributed by atoms with Crippen LogP contribution in [0.1, 0.15) is 86.8 Å². The molecule has 3 aromatic rings. The van der Waals surface area contributed by atoms with Crippen LogP contribution in [0.3, 0.4) is 0 Å². The van der Waals surface area contributed by atoms with Gasteiger partial charge in [-0.2, -0.15) is 0 Å². The topological polar surface area (TPSA) is 210 Å². The van der Waals surface area contributed by atoms with Crippen molar-refractivity contribution in [2.24, 2.45) is 5.73 Å². The molecule has 1 saturated carbocycles. The number of aromatic nitrogens is 4. The molecular weight excluding hydrogens is 667 g/mol. The van der Waals surface area contributed by atoms with Crippen LogP contribution in [0.5, 0.6) is 0 Å². The summed E-state index contributed by atoms with van der Waals surface area (Å²) in [6.45, 7) is 2.21. The number of allylic oxidation sites excluding steroid dienone is 1. The van der Waals surface area contributed by atoms with E-state index in [9.17, 15) is 32.6 Å². The first kappa shape index (κ1) is 38.0. The van der Waals surface area contributed by atoms with Gasteiger partial charge in [-0.15, -0.1) is 0 Å². The molecule has 6 rings (SSSR count). The molecule has 3 atom stereocenters. The van der Waals surface area contributed by atoms with Gasteiger partial charge < -0.3 is 20.9 Å². The Balaban J connectivity index is 0.000000208. The zero-order chi connectivity index (χ0) is 36.0. The number of carbonyl (C=O) groups is 4. The summed E-state index contributed by atoms with van der Waals surface area (Å²) in [4.78, 5) is 74.9. The van der Waals surface area contributed by atoms with Gasteiger partial charge in [0, 0.05) is 25.4 Å². The minimum absolute atomic E-state index is 0.0292. The Hall–Kier alpha value is -4.86. The molecule has 4 amide bonds. The van der Waals surface area contributed by atoms with Gasteiger partial charge in [0.15, 0.2) is 0 Å². The number of nitrogens with zero attached hydrogens (tertiary/aromatic N) is 4. The molecule has 50 heavy (non-hydrogen) atoms. The van der Waals surface area contributed by atoms with Gasteiger partial charge in [-0.3, -0.25) is 33.7 Å². The van der Waals surface area contributed by atoms with E-state index in [0.29, 0.717) is 42.5 Å². The standard InChI is InChI=1S/C20H31N3O4S.C9H7FN2O.C5H5N3O/c24-18-11-7-5-3-1-2-4-6-9-16(19(25)22-28(27)15-12-13-15)21-20(26)17-10-8-14-23(17)18;1-5-9(13)12-8-4-6(10)2-3-7(8)11-5;6-5(9)4-3-7-1-2-8-4/h4,6,15-17H,1-3,5,7-14H2,(H,21,26)(H,22,25);2-4H,1H3,(H,12,13);1-3H,(H2,6,9)/b6-4-;;. The average Bonchev–Trinajstić information content (AvgIpc) is 3.84. The number of hydrogen-bond acceptors (Lipinski definition) is 9. The molecule has 2 fully saturated rings. The van der Waals surface area contributed by atoms with E-state index in [1.54, 1.807) is 11.8 Å². The van der Waals surface area contributed by atoms with Crippen LogP contribution in [-0.4, -0.2) is 76.6 Å². The zero-order valence-electron chi connectivity index (χ0n) is 27.9. The molecule has 2 aromatic heterocycles. The lowest BCUT2D eigenvalue weighted by molar-refractivity contribution is -0.139. The van der Waals surface area contributed by atoms with Gasteiger partial charge in [-0.25, -0.2) is 18.6 Å². The maximum Gasteiger partial charge on any atom is 0.269 e. The van der Waals surface area contributed by atoms with Gasteiger partial charge >= 0.3 is 0 Å². The van der Waals surface area contributed by atoms with Gasteiger partial charge in [0.2, 0.25) is 11.8 Å². The van der Waals surface area contributed by atoms with Crippen LogP contribution >= 0.6 is 0 Å². The first-order valence-corrected chi connectivity index (χ1v) is 17.9. The predicted octanol–water partition coefficient (Wildman–Crippen LogP) is 2.65. The number of aromatic amines is 1. The van der Waals surface area contributed by atoms with E-state index < -0.39 is 34.9 Å². The van der Waals surface area contributed by atoms with Crippen LogP contribution in [0.2, 0.25) is 0 Å². The van der Waals surface area contributed by atoms with Crippen molar-refractivity contribution in [1.29, 1.82) is 0 Å². The zero-order valence-corrected chi connectivity index (χ0v) is 28.8. The summed E-state index contributed by atoms with van der Waals surface area (Å²) in [5.41, 5.74) is 6.20. The number of H-pyrrole nitrogens is 1. The van der Waals surface area contributed by atoms with E-state index >= 15 is 0 Å². The van der Waals surface area contributed by atoms with Crippen molar-refractivity contribution < 1.29 is 27.8 Å². The highest BCUT2D eigenvalue weighted by atomic mass is 32.2. The van der Waals surface area contributed by atoms with Gasteiger partial charge in [-0.05, 0) is 76.5 Å². The summed E-state index contributed by atoms with van der Waals surface area (Å²) >= 11 is 0. The number of benzene rings is 1. The Morgan fingerprint density at radius 1 is 1.04 bits per heavy atom. The number of aryl methyl sites for hydroxylation is 1. The maximum atomic E-state index is 12.8. The number of hydrogen-bond donors (Lipinski definition) is 4. The number of nitrogens with two attached hydrogens (primary N) is 1. The monoisotopic (exact) mass is 710 g/mol. The number of nitrogens with one attached hydrogen (secondary N) is 3. The molecule has 1 saturated heterocycles. The smallest absolute Gasteiger partial charge is 0.269 e. The molecule has 1 aliphatic carbocycles. The first-order valence-electron chi connectivity index (χ1n) is 16.7. The average molecular weight is 711 g/mol. The molecule has 3 aliphatic rings. The Morgan fingerprint density at radius 3 is 2.52 bits per heavy atom. The minimum Gasteiger partial charge on any atom is -0.364 e. The first-order chi connectivity index (χ1) is 24.0. The number of carbonyl (C=O) groups excluding carboxylic acids is 4. The number of fused-ring (bicyclic) bond motifs is 2. The van der Waals surface area contributed by atoms with E-state index in [-0.39, 0.29) is 34.1 Å². The Kier molecular flexibility index (Phi) is 14.3. The predicted molar refractivity (Wildman–Crippen MR) is 185 cm³/mol. The summed E-state index contributed by atoms with van der Waals surface area (Å²) in [6.07, 6.45) is 17.1. The Labute approximate surface area is 291 Å². The third kappa shape index (κ3) is 11.6. The van der Waals surface area contributed by atoms with E-state index in [0.717, 1.165) is 51.4 Å². The van der Waals surface area contributed by atoms with Gasteiger partial charge in [0.1, 0.15) is 40.3 Å². The van der Waals surface area contributed by atoms with Crippen LogP contribution < -0.4 is 21.3 Å². The quantitative estimate of drug-likeness (QED) is 0.293. The molecule has 2 aliphatic heterocycles. The molecule has 16 heteroatoms. The van der Waals surface area contributed by atoms with E-state index in [1.165, 1.54) is 36.8 Å². The number of rotatable bonds is 4. The summed E-state index contributed by atoms with van der Waals surface area (Å²) in [7, 11) is -1.39. The molecule has 14 nitrogen and oxygen atoms in total. The summed E-state index contributed by atoms with van der Waals surface area (Å²) in [5.74, 6) is -1.60. The fourth-order valence-corrected chi connectivity index (χ4v) is 6.41. The lowest BCUT2D eigenvalue weighted by atomic mass is 10.1. The Morgan fingerprint density at radius 2 is 1.82 bits per heavy atom. The second kappa shape index (κ2) is 18.8. The second-order valence-electron chi connectivity index (χ2n) is 12.2. The van der Waals surface area contributed by atoms with Crippen molar-refractivity contribution in [3.63, 3.8) is 0 Å². The van der Waals surface area contributed by atoms with E-state index in [1.807, 2.05) is 12.2 Å². The molecule has 4 heterocycles. The second-order valence-corrected chi connectivity index (χ2v) is 13.7. The lowest BCUT2D eigenvalue weighted by Crippen LogP contribution is -2.53. The lowest BCUT2D eigenvalue weighted by Gasteiger charge is -2.26. The summed E-state index contributed by atoms with van der Waals surface area (Å²) in [5, 5.41) is 2.85. The van der Waals surface area contributed by atoms with Crippen molar-refractivity contribution >= 4 is 45.6 Å². The number of primary amides is 1. The van der Waals surface area contributed by atoms with Crippen molar-refractivity contribution in [1.82, 2.24) is 34.9 Å². The third-order valence-corrected chi connectivity index (χ3v) is 9.71. The number of halogens is 1. The SMILES string of the molecule is Cc1nc2ccc(F)cc2[nH]c1=O.NC(=O)c1cnccn1.O=C(NS(=O)C1CC1)C1C/C=C\CCCCCCC(=O)N2CCCC2C(=O)N1. The molecule has 0 bridgehead atoms. The minimum atomic E-state index is -1.39. The fraction of sp³-hybridized carbons (Fsp3) is 0.471. The summed E-state index contributed by atoms with van der Waals surface area (Å²) < 4.78 is 27.3. The van der Waals surface area contributed by atoms with Crippen molar-refractivity contribution in [3.05, 3.63) is 76.5 Å². The van der Waals surface area contributed by atoms with Crippen LogP contribution in [0.15, 0.2) is 53.7 Å². The van der Waals surface area contributed by atoms with Crippen LogP contribution in [0.25, 0.3) is 11.0 Å². The third-order valence-electron chi connectivity index (χ3n) is 8.23. The van der Waals surface area contributed by atoms with E-state index in [4.69, 9.17) is 5.73 Å².